The van der Waals surface area contributed by atoms with Crippen molar-refractivity contribution in [1.82, 2.24) is 14.5 Å². The molecule has 0 aliphatic carbocycles. The van der Waals surface area contributed by atoms with Gasteiger partial charge in [0, 0.05) is 25.2 Å². The summed E-state index contributed by atoms with van der Waals surface area (Å²) in [7, 11) is -3.97. The molecule has 1 fully saturated rings. The average Bonchev–Trinajstić information content (AvgIpc) is 3.04. The highest BCUT2D eigenvalue weighted by Crippen LogP contribution is 2.35. The Morgan fingerprint density at radius 2 is 2.00 bits per heavy atom. The van der Waals surface area contributed by atoms with Crippen LogP contribution in [0.2, 0.25) is 0 Å². The number of hydrogen-bond acceptors (Lipinski definition) is 4. The van der Waals surface area contributed by atoms with Gasteiger partial charge in [0.25, 0.3) is 0 Å². The highest BCUT2D eigenvalue weighted by atomic mass is 32.2. The monoisotopic (exact) mass is 399 g/mol. The van der Waals surface area contributed by atoms with E-state index in [0.717, 1.165) is 17.3 Å². The molecule has 1 N–H and O–H groups in total. The Morgan fingerprint density at radius 3 is 2.59 bits per heavy atom. The van der Waals surface area contributed by atoms with Crippen molar-refractivity contribution in [2.45, 2.75) is 43.5 Å². The largest absolute Gasteiger partial charge is 0.381 e. The minimum Gasteiger partial charge on any atom is -0.381 e. The number of nitrogens with one attached hydrogen (secondary N) is 1. The molecule has 0 unspecified atom stereocenters. The van der Waals surface area contributed by atoms with Crippen molar-refractivity contribution in [3.8, 4) is 0 Å². The van der Waals surface area contributed by atoms with E-state index in [-0.39, 0.29) is 17.1 Å². The quantitative estimate of drug-likeness (QED) is 0.811. The Bertz CT molecular complexity index is 906. The van der Waals surface area contributed by atoms with Crippen molar-refractivity contribution in [2.75, 3.05) is 19.8 Å². The van der Waals surface area contributed by atoms with Gasteiger partial charge < -0.3 is 4.74 Å². The van der Waals surface area contributed by atoms with Crippen LogP contribution in [0.4, 0.5) is 8.78 Å². The molecule has 2 aromatic rings. The smallest absolute Gasteiger partial charge is 0.333 e. The standard InChI is InChI=1S/C18H23F2N3O3S/c1-13-4-3-5-15(10-13)18(6-8-26-9-7-18)12-21-27(24,25)16-11-23(17(19)20)22-14(16)2/h3-5,10-11,17,21H,6-9,12H2,1-2H3. The van der Waals surface area contributed by atoms with E-state index in [0.29, 0.717) is 30.7 Å². The Hall–Kier alpha value is -1.84. The molecule has 0 radical (unpaired) electrons. The van der Waals surface area contributed by atoms with Crippen LogP contribution in [0.15, 0.2) is 35.4 Å². The average molecular weight is 399 g/mol. The molecule has 1 aliphatic heterocycles. The Balaban J connectivity index is 1.87. The maximum Gasteiger partial charge on any atom is 0.333 e. The van der Waals surface area contributed by atoms with E-state index < -0.39 is 22.0 Å². The summed E-state index contributed by atoms with van der Waals surface area (Å²) in [5.41, 5.74) is 1.78. The van der Waals surface area contributed by atoms with Gasteiger partial charge in [-0.15, -0.1) is 0 Å². The van der Waals surface area contributed by atoms with Crippen LogP contribution >= 0.6 is 0 Å². The molecular formula is C18H23F2N3O3S. The Morgan fingerprint density at radius 1 is 1.30 bits per heavy atom. The number of nitrogens with zero attached hydrogens (tertiary/aromatic N) is 2. The molecule has 27 heavy (non-hydrogen) atoms. The summed E-state index contributed by atoms with van der Waals surface area (Å²) in [5.74, 6) is 0. The van der Waals surface area contributed by atoms with Gasteiger partial charge in [0.15, 0.2) is 0 Å². The SMILES string of the molecule is Cc1cccc(C2(CNS(=O)(=O)c3cn(C(F)F)nc3C)CCOCC2)c1. The van der Waals surface area contributed by atoms with Crippen LogP contribution in [0.5, 0.6) is 0 Å². The van der Waals surface area contributed by atoms with E-state index in [1.165, 1.54) is 6.92 Å². The molecule has 1 aromatic carbocycles. The predicted octanol–water partition coefficient (Wildman–Crippen LogP) is 2.92. The molecule has 0 spiro atoms. The molecule has 3 rings (SSSR count). The number of sulfonamides is 1. The maximum absolute atomic E-state index is 12.8. The summed E-state index contributed by atoms with van der Waals surface area (Å²) in [6.45, 7) is 1.75. The summed E-state index contributed by atoms with van der Waals surface area (Å²) < 4.78 is 59.5. The Labute approximate surface area is 157 Å². The number of rotatable bonds is 6. The van der Waals surface area contributed by atoms with Crippen LogP contribution in [-0.2, 0) is 20.2 Å². The maximum atomic E-state index is 12.8. The van der Waals surface area contributed by atoms with Crippen molar-refractivity contribution in [1.29, 1.82) is 0 Å². The van der Waals surface area contributed by atoms with Crippen molar-refractivity contribution < 1.29 is 21.9 Å². The van der Waals surface area contributed by atoms with Crippen molar-refractivity contribution in [2.24, 2.45) is 0 Å². The first kappa shape index (κ1) is 19.9. The van der Waals surface area contributed by atoms with Gasteiger partial charge in [-0.2, -0.15) is 13.9 Å². The second-order valence-corrected chi connectivity index (χ2v) is 8.66. The number of hydrogen-bond donors (Lipinski definition) is 1. The van der Waals surface area contributed by atoms with E-state index >= 15 is 0 Å². The molecule has 148 valence electrons. The van der Waals surface area contributed by atoms with Gasteiger partial charge in [0.1, 0.15) is 4.90 Å². The normalized spacial score (nSPS) is 17.4. The first-order valence-electron chi connectivity index (χ1n) is 8.72. The topological polar surface area (TPSA) is 73.2 Å². The molecule has 2 heterocycles. The van der Waals surface area contributed by atoms with E-state index in [9.17, 15) is 17.2 Å². The van der Waals surface area contributed by atoms with Crippen LogP contribution in [0, 0.1) is 13.8 Å². The highest BCUT2D eigenvalue weighted by molar-refractivity contribution is 7.89. The summed E-state index contributed by atoms with van der Waals surface area (Å²) in [5, 5.41) is 3.59. The molecule has 0 atom stereocenters. The minimum atomic E-state index is -3.97. The number of aromatic nitrogens is 2. The number of aryl methyl sites for hydroxylation is 2. The lowest BCUT2D eigenvalue weighted by Crippen LogP contribution is -2.44. The van der Waals surface area contributed by atoms with Gasteiger partial charge in [-0.05, 0) is 32.3 Å². The molecular weight excluding hydrogens is 376 g/mol. The van der Waals surface area contributed by atoms with Crippen molar-refractivity contribution >= 4 is 10.0 Å². The van der Waals surface area contributed by atoms with Gasteiger partial charge in [0.05, 0.1) is 11.9 Å². The zero-order chi connectivity index (χ0) is 19.7. The van der Waals surface area contributed by atoms with E-state index in [1.807, 2.05) is 25.1 Å². The predicted molar refractivity (Wildman–Crippen MR) is 96.3 cm³/mol. The number of ether oxygens (including phenoxy) is 1. The number of alkyl halides is 2. The summed E-state index contributed by atoms with van der Waals surface area (Å²) in [4.78, 5) is -0.228. The van der Waals surface area contributed by atoms with Gasteiger partial charge in [-0.1, -0.05) is 29.8 Å². The first-order valence-corrected chi connectivity index (χ1v) is 10.2. The van der Waals surface area contributed by atoms with Crippen molar-refractivity contribution in [3.63, 3.8) is 0 Å². The number of benzene rings is 1. The minimum absolute atomic E-state index is 0.0411. The van der Waals surface area contributed by atoms with E-state index in [4.69, 9.17) is 4.74 Å². The third-order valence-corrected chi connectivity index (χ3v) is 6.55. The zero-order valence-corrected chi connectivity index (χ0v) is 16.1. The lowest BCUT2D eigenvalue weighted by Gasteiger charge is -2.38. The van der Waals surface area contributed by atoms with Crippen LogP contribution in [-0.4, -0.2) is 38.0 Å². The fourth-order valence-electron chi connectivity index (χ4n) is 3.44. The molecule has 0 amide bonds. The number of halogens is 2. The van der Waals surface area contributed by atoms with Crippen LogP contribution < -0.4 is 4.72 Å². The molecule has 6 nitrogen and oxygen atoms in total. The second-order valence-electron chi connectivity index (χ2n) is 6.92. The van der Waals surface area contributed by atoms with Gasteiger partial charge in [-0.3, -0.25) is 0 Å². The molecule has 1 aromatic heterocycles. The Kier molecular flexibility index (Phi) is 5.64. The molecule has 9 heteroatoms. The second kappa shape index (κ2) is 7.65. The fourth-order valence-corrected chi connectivity index (χ4v) is 4.74. The van der Waals surface area contributed by atoms with Gasteiger partial charge >= 0.3 is 6.55 Å². The van der Waals surface area contributed by atoms with E-state index in [2.05, 4.69) is 15.9 Å². The molecule has 1 aliphatic rings. The third-order valence-electron chi connectivity index (χ3n) is 5.04. The fraction of sp³-hybridized carbons (Fsp3) is 0.500. The molecule has 0 bridgehead atoms. The van der Waals surface area contributed by atoms with Crippen LogP contribution in [0.3, 0.4) is 0 Å². The lowest BCUT2D eigenvalue weighted by molar-refractivity contribution is 0.0516. The van der Waals surface area contributed by atoms with Crippen LogP contribution in [0.1, 0.15) is 36.2 Å². The summed E-state index contributed by atoms with van der Waals surface area (Å²) in [6, 6.07) is 7.99. The van der Waals surface area contributed by atoms with E-state index in [1.54, 1.807) is 0 Å². The summed E-state index contributed by atoms with van der Waals surface area (Å²) >= 11 is 0. The van der Waals surface area contributed by atoms with Crippen LogP contribution in [0.25, 0.3) is 0 Å². The highest BCUT2D eigenvalue weighted by Gasteiger charge is 2.36. The summed E-state index contributed by atoms with van der Waals surface area (Å²) in [6.07, 6.45) is 2.22. The zero-order valence-electron chi connectivity index (χ0n) is 15.3. The molecule has 0 saturated carbocycles. The third kappa shape index (κ3) is 4.20. The van der Waals surface area contributed by atoms with Gasteiger partial charge in [0.2, 0.25) is 10.0 Å². The lowest BCUT2D eigenvalue weighted by atomic mass is 9.74. The van der Waals surface area contributed by atoms with Crippen molar-refractivity contribution in [3.05, 3.63) is 47.3 Å². The molecule has 1 saturated heterocycles. The first-order chi connectivity index (χ1) is 12.7. The van der Waals surface area contributed by atoms with Gasteiger partial charge in [-0.25, -0.2) is 17.8 Å².